The molecule has 8 aliphatic heterocycles. The summed E-state index contributed by atoms with van der Waals surface area (Å²) in [5.74, 6) is -0.362. The summed E-state index contributed by atoms with van der Waals surface area (Å²) in [6, 6.07) is -4.05. The third-order valence-corrected chi connectivity index (χ3v) is 24.3. The van der Waals surface area contributed by atoms with Crippen LogP contribution in [0.2, 0.25) is 0 Å². The Bertz CT molecular complexity index is 2350. The van der Waals surface area contributed by atoms with Crippen LogP contribution < -0.4 is 9.79 Å². The monoisotopic (exact) mass is 1550 g/mol. The van der Waals surface area contributed by atoms with Gasteiger partial charge in [0, 0.05) is 190 Å². The first kappa shape index (κ1) is 95.7. The summed E-state index contributed by atoms with van der Waals surface area (Å²) in [6.07, 6.45) is -6.28. The highest BCUT2D eigenvalue weighted by Gasteiger charge is 2.50. The maximum absolute atomic E-state index is 12.9. The van der Waals surface area contributed by atoms with E-state index in [-0.39, 0.29) is 159 Å². The zero-order chi connectivity index (χ0) is 77.9. The van der Waals surface area contributed by atoms with E-state index in [0.717, 1.165) is 0 Å². The maximum atomic E-state index is 12.9. The van der Waals surface area contributed by atoms with Crippen molar-refractivity contribution in [1.29, 1.82) is 0 Å². The molecule has 8 aliphatic rings. The minimum Gasteiger partial charge on any atom is -0.780 e. The van der Waals surface area contributed by atoms with E-state index in [1.165, 1.54) is 49.6 Å². The molecule has 36 atom stereocenters. The normalized spacial score (nSPS) is 42.7. The maximum Gasteiger partial charge on any atom is 0.328 e. The van der Waals surface area contributed by atoms with Crippen LogP contribution >= 0.6 is 29.6 Å². The number of phosphoric acid groups is 1. The Labute approximate surface area is 637 Å². The lowest BCUT2D eigenvalue weighted by Gasteiger charge is -2.34. The fourth-order valence-corrected chi connectivity index (χ4v) is 18.3. The summed E-state index contributed by atoms with van der Waals surface area (Å²) >= 11 is 5.03. The molecule has 0 aliphatic carbocycles. The average Bonchev–Trinajstić information content (AvgIpc) is 1.58. The standard InChI is InChI=1S/C15H27B3O7P.C14H27B4O7P.C14H25B3O8P.C14H25B3O7PS/c1-8-10(6-20-3)23-14(16)13(8)25-26(5,19)22-7-11-12(21-4)9(2)15(18-17)24-11;1-7-9(5-20-3)23-13(15)12(7)25-26(17,19)22-6-10-11(21-4)8(2)14(18-16)24-10;1-7-9(5-20-3)23-13(15)12(7)25-26(18,19)22-6-10-11(21-4)8(2)14(17-16)24-10;1-7-9(5-19-3)22-13(15)12(7)24-25(18,26)21-6-10-11(20-4)8(2)14(17-16)23-10/h8-15H,6-7H2,1-5H3;7-14H,5-6H2,1-4,17H3;7-14H,5-6H2,1-4H3,(H,18,19);7-14H,5-6H2,1-4H3,(H,18,26)/q;-1;;/p-2/t8?,9-,10+,11+,12?,13-,14+,15+,26?;7?,8-,9+,10+,11?,12-,13+,14+,26?;7?,8-,9+,10+,11?,12-,13+,14+;7?,8-,9+,10+,11?,12-,13+,14+,25?/m0000/s1. The van der Waals surface area contributed by atoms with Crippen molar-refractivity contribution in [1.82, 2.24) is 0 Å². The SMILES string of the molecule is [B][B][C@@H]1O[C@H](COP(=O)([O-])O[C@H]2C(C)[C@@H](COC)O[C@H]2[B])C(OC)[C@@H]1C.[B][B][C@@H]1O[C@H](COP(C)(=O)O[C@H]2C(C)[C@@H](COC)O[C@H]2[B])C(OC)[C@@H]1C.[B][B][C@@H]1O[C@H](COP([BH3-])(=O)O[C@H]2C(C)[C@@H](COC)O[C@H]2[B])C(OC)[C@@H]1C.[B][B][C@@H]1O[C@H](COP([O-])(=S)O[C@H]2C(C)[C@@H](COC)O[C@H]2[B])C(OC)[C@@H]1C. The molecule has 0 spiro atoms. The van der Waals surface area contributed by atoms with E-state index in [4.69, 9.17) is 186 Å². The van der Waals surface area contributed by atoms with Crippen molar-refractivity contribution in [2.45, 2.75) is 201 Å². The quantitative estimate of drug-likeness (QED) is 0.0497. The van der Waals surface area contributed by atoms with Gasteiger partial charge in [-0.05, 0) is 0 Å². The summed E-state index contributed by atoms with van der Waals surface area (Å²) in [5, 5.41) is 0. The molecular formula is C57H102B13O29P4S-3. The second-order valence-corrected chi connectivity index (χ2v) is 33.7. The molecule has 104 heavy (non-hydrogen) atoms. The molecule has 572 valence electrons. The van der Waals surface area contributed by atoms with Crippen LogP contribution in [-0.2, 0) is 137 Å². The average molecular weight is 1550 g/mol. The van der Waals surface area contributed by atoms with Gasteiger partial charge in [0.25, 0.3) is 7.82 Å². The molecule has 29 nitrogen and oxygen atoms in total. The molecule has 0 N–H and O–H groups in total. The minimum absolute atomic E-state index is 0.0305. The highest BCUT2D eigenvalue weighted by atomic mass is 32.5. The smallest absolute Gasteiger partial charge is 0.328 e. The van der Waals surface area contributed by atoms with Gasteiger partial charge in [0.05, 0.1) is 162 Å². The van der Waals surface area contributed by atoms with Gasteiger partial charge in [0.1, 0.15) is 70.0 Å². The summed E-state index contributed by atoms with van der Waals surface area (Å²) in [5.41, 5.74) is 0. The van der Waals surface area contributed by atoms with Crippen molar-refractivity contribution in [3.63, 3.8) is 0 Å². The summed E-state index contributed by atoms with van der Waals surface area (Å²) < 4.78 is 169. The highest BCUT2D eigenvalue weighted by Crippen LogP contribution is 2.52. The fraction of sp³-hybridized carbons (Fsp3) is 1.00. The molecule has 8 rings (SSSR count). The minimum atomic E-state index is -4.63. The Hall–Kier alpha value is 1.14. The molecule has 8 heterocycles. The van der Waals surface area contributed by atoms with Crippen molar-refractivity contribution < 1.29 is 135 Å². The zero-order valence-corrected chi connectivity index (χ0v) is 66.5. The molecule has 8 saturated heterocycles. The van der Waals surface area contributed by atoms with Gasteiger partial charge in [0.2, 0.25) is 0 Å². The van der Waals surface area contributed by atoms with Gasteiger partial charge in [-0.25, -0.2) is 0 Å². The van der Waals surface area contributed by atoms with Crippen molar-refractivity contribution in [3.8, 4) is 0 Å². The topological polar surface area (TPSA) is 319 Å². The third kappa shape index (κ3) is 26.6. The van der Waals surface area contributed by atoms with Gasteiger partial charge in [-0.15, -0.1) is 0 Å². The van der Waals surface area contributed by atoms with E-state index in [1.54, 1.807) is 49.6 Å². The number of ether oxygens (including phenoxy) is 16. The number of phosphoric ester groups is 1. The molecule has 0 aromatic carbocycles. The van der Waals surface area contributed by atoms with Gasteiger partial charge in [-0.2, -0.15) is 0 Å². The molecule has 47 heteroatoms. The molecule has 0 saturated carbocycles. The Morgan fingerprint density at radius 1 is 0.356 bits per heavy atom. The first-order valence-electron chi connectivity index (χ1n) is 34.1. The lowest BCUT2D eigenvalue weighted by Crippen LogP contribution is -2.34. The van der Waals surface area contributed by atoms with Crippen molar-refractivity contribution in [2.24, 2.45) is 47.3 Å². The molecule has 8 fully saturated rings. The zero-order valence-electron chi connectivity index (χ0n) is 62.1. The molecule has 0 amide bonds. The third-order valence-electron chi connectivity index (χ3n) is 19.8. The van der Waals surface area contributed by atoms with E-state index >= 15 is 0 Å². The van der Waals surface area contributed by atoms with Crippen molar-refractivity contribution in [2.75, 3.05) is 116 Å². The van der Waals surface area contributed by atoms with Crippen LogP contribution in [0.15, 0.2) is 0 Å². The van der Waals surface area contributed by atoms with Crippen LogP contribution in [0.3, 0.4) is 0 Å². The number of hydrogen-bond acceptors (Lipinski definition) is 30. The fourth-order valence-electron chi connectivity index (χ4n) is 13.7. The van der Waals surface area contributed by atoms with Crippen LogP contribution in [0.1, 0.15) is 55.4 Å². The summed E-state index contributed by atoms with van der Waals surface area (Å²) in [7, 11) is 52.7. The van der Waals surface area contributed by atoms with E-state index in [1.807, 2.05) is 48.5 Å². The van der Waals surface area contributed by atoms with Crippen molar-refractivity contribution >= 4 is 140 Å². The van der Waals surface area contributed by atoms with Gasteiger partial charge >= 0.3 is 7.60 Å². The van der Waals surface area contributed by atoms with Crippen LogP contribution in [-0.4, -0.2) is 361 Å². The first-order chi connectivity index (χ1) is 48.9. The summed E-state index contributed by atoms with van der Waals surface area (Å²) in [6.45, 7) is 14.4. The largest absolute Gasteiger partial charge is 0.780 e. The Morgan fingerprint density at radius 3 is 0.904 bits per heavy atom. The molecule has 0 bridgehead atoms. The van der Waals surface area contributed by atoms with E-state index in [9.17, 15) is 23.5 Å². The Balaban J connectivity index is 0.000000249. The van der Waals surface area contributed by atoms with Gasteiger partial charge in [-0.1, -0.05) is 67.2 Å². The van der Waals surface area contributed by atoms with Crippen molar-refractivity contribution in [3.05, 3.63) is 0 Å². The number of hydrogen-bond donors (Lipinski definition) is 0. The van der Waals surface area contributed by atoms with Crippen LogP contribution in [0.5, 0.6) is 0 Å². The van der Waals surface area contributed by atoms with Gasteiger partial charge in [-0.3, -0.25) is 9.13 Å². The first-order valence-corrected chi connectivity index (χ1v) is 41.2. The molecule has 20 radical (unpaired) electrons. The molecule has 12 unspecified atom stereocenters. The van der Waals surface area contributed by atoms with Crippen LogP contribution in [0.4, 0.5) is 0 Å². The Morgan fingerprint density at radius 2 is 0.615 bits per heavy atom. The van der Waals surface area contributed by atoms with Crippen LogP contribution in [0.25, 0.3) is 0 Å². The van der Waals surface area contributed by atoms with Gasteiger partial charge < -0.3 is 126 Å². The van der Waals surface area contributed by atoms with E-state index in [2.05, 4.69) is 0 Å². The lowest BCUT2D eigenvalue weighted by molar-refractivity contribution is -0.233. The highest BCUT2D eigenvalue weighted by molar-refractivity contribution is 8.06. The van der Waals surface area contributed by atoms with Crippen LogP contribution in [0, 0.1) is 47.3 Å². The lowest BCUT2D eigenvalue weighted by atomic mass is 9.49. The van der Waals surface area contributed by atoms with E-state index < -0.39 is 97.8 Å². The predicted molar refractivity (Wildman–Crippen MR) is 399 cm³/mol. The van der Waals surface area contributed by atoms with E-state index in [0.29, 0.717) is 26.4 Å². The molecular weight excluding hydrogens is 1450 g/mol. The number of rotatable bonds is 36. The Kier molecular flexibility index (Phi) is 41.3. The predicted octanol–water partition coefficient (Wildman–Crippen LogP) is -1.74. The molecule has 0 aromatic heterocycles. The number of methoxy groups -OCH3 is 8. The second kappa shape index (κ2) is 44.9. The second-order valence-electron chi connectivity index (χ2n) is 26.7. The summed E-state index contributed by atoms with van der Waals surface area (Å²) in [4.78, 5) is 24.8. The molecule has 0 aromatic rings. The van der Waals surface area contributed by atoms with Gasteiger partial charge in [0.15, 0.2) is 0 Å².